The van der Waals surface area contributed by atoms with Gasteiger partial charge in [-0.25, -0.2) is 9.59 Å². The summed E-state index contributed by atoms with van der Waals surface area (Å²) in [5.74, 6) is -14.7. The second kappa shape index (κ2) is 9.30. The molecule has 16 heteroatoms. The molecule has 0 saturated carbocycles. The van der Waals surface area contributed by atoms with Crippen LogP contribution >= 0.6 is 0 Å². The summed E-state index contributed by atoms with van der Waals surface area (Å²) in [5, 5.41) is -6.11. The molecule has 8 nitrogen and oxygen atoms in total. The van der Waals surface area contributed by atoms with Gasteiger partial charge in [0.05, 0.1) is 6.61 Å². The molecule has 0 saturated heterocycles. The van der Waals surface area contributed by atoms with Crippen molar-refractivity contribution in [1.29, 1.82) is 0 Å². The average molecular weight is 476 g/mol. The predicted molar refractivity (Wildman–Crippen MR) is 82.9 cm³/mol. The fraction of sp³-hybridized carbons (Fsp3) is 0.571. The summed E-state index contributed by atoms with van der Waals surface area (Å²) in [6.45, 7) is 3.82. The van der Waals surface area contributed by atoms with E-state index < -0.39 is 70.4 Å². The van der Waals surface area contributed by atoms with Crippen molar-refractivity contribution in [2.75, 3.05) is 13.2 Å². The first-order valence-electron chi connectivity index (χ1n) is 7.37. The van der Waals surface area contributed by atoms with E-state index in [1.807, 2.05) is 0 Å². The average Bonchev–Trinajstić information content (AvgIpc) is 2.55. The number of carbonyl (C=O) groups excluding carboxylic acids is 2. The Morgan fingerprint density at radius 2 is 1.60 bits per heavy atom. The van der Waals surface area contributed by atoms with E-state index in [1.165, 1.54) is 0 Å². The van der Waals surface area contributed by atoms with Gasteiger partial charge < -0.3 is 14.2 Å². The molecule has 0 radical (unpaired) electrons. The van der Waals surface area contributed by atoms with E-state index in [2.05, 4.69) is 27.4 Å². The molecule has 0 spiro atoms. The monoisotopic (exact) mass is 476 g/mol. The van der Waals surface area contributed by atoms with E-state index in [-0.39, 0.29) is 0 Å². The van der Waals surface area contributed by atoms with Crippen LogP contribution in [0.15, 0.2) is 24.8 Å². The van der Waals surface area contributed by atoms with E-state index in [0.717, 1.165) is 13.0 Å². The molecule has 0 aromatic rings. The summed E-state index contributed by atoms with van der Waals surface area (Å²) >= 11 is 0. The lowest BCUT2D eigenvalue weighted by Crippen LogP contribution is -2.59. The molecule has 0 aliphatic heterocycles. The van der Waals surface area contributed by atoms with Crippen molar-refractivity contribution < 1.29 is 67.5 Å². The largest absolute Gasteiger partial charge is 0.468 e. The van der Waals surface area contributed by atoms with Gasteiger partial charge in [0.2, 0.25) is 0 Å². The zero-order chi connectivity index (χ0) is 24.2. The number of carbonyl (C=O) groups is 2. The van der Waals surface area contributed by atoms with Gasteiger partial charge in [-0.1, -0.05) is 19.2 Å². The lowest BCUT2D eigenvalue weighted by Gasteiger charge is -2.33. The number of alkyl halides is 7. The van der Waals surface area contributed by atoms with Gasteiger partial charge in [0.25, 0.3) is 0 Å². The van der Waals surface area contributed by atoms with Crippen molar-refractivity contribution in [3.63, 3.8) is 0 Å². The van der Waals surface area contributed by atoms with Crippen molar-refractivity contribution >= 4 is 22.1 Å². The first-order chi connectivity index (χ1) is 13.3. The molecule has 0 aromatic carbocycles. The number of rotatable bonds is 11. The van der Waals surface area contributed by atoms with Crippen molar-refractivity contribution in [3.05, 3.63) is 24.8 Å². The van der Waals surface area contributed by atoms with Crippen molar-refractivity contribution in [3.8, 4) is 0 Å². The molecule has 0 amide bonds. The lowest BCUT2D eigenvalue weighted by molar-refractivity contribution is -0.356. The molecule has 1 atom stereocenters. The second-order valence-corrected chi connectivity index (χ2v) is 6.93. The maximum atomic E-state index is 13.5. The normalized spacial score (nSPS) is 15.1. The van der Waals surface area contributed by atoms with Gasteiger partial charge >= 0.3 is 45.2 Å². The lowest BCUT2D eigenvalue weighted by atomic mass is 10.2. The molecule has 30 heavy (non-hydrogen) atoms. The standard InChI is InChI=1S/C14H15F7O8S/c1-4-6-27-10(23)12(13(17,18)19,29-9(22)8(2)3)28-7-5-11(15,16)14(20,21)30(24,25)26/h4H,1-2,5-7H2,3H3,(H,24,25,26). The molecular weight excluding hydrogens is 461 g/mol. The van der Waals surface area contributed by atoms with Crippen LogP contribution in [-0.2, 0) is 33.9 Å². The fourth-order valence-corrected chi connectivity index (χ4v) is 1.97. The van der Waals surface area contributed by atoms with Crippen LogP contribution in [0.4, 0.5) is 30.7 Å². The quantitative estimate of drug-likeness (QED) is 0.121. The highest BCUT2D eigenvalue weighted by Crippen LogP contribution is 2.42. The Balaban J connectivity index is 5.99. The zero-order valence-electron chi connectivity index (χ0n) is 15.0. The third kappa shape index (κ3) is 5.91. The maximum absolute atomic E-state index is 13.5. The highest BCUT2D eigenvalue weighted by atomic mass is 32.2. The molecule has 1 N–H and O–H groups in total. The Morgan fingerprint density at radius 1 is 1.10 bits per heavy atom. The van der Waals surface area contributed by atoms with Gasteiger partial charge in [0.15, 0.2) is 0 Å². The van der Waals surface area contributed by atoms with Crippen LogP contribution < -0.4 is 0 Å². The van der Waals surface area contributed by atoms with E-state index in [1.54, 1.807) is 0 Å². The summed E-state index contributed by atoms with van der Waals surface area (Å²) in [6, 6.07) is 0. The molecule has 0 bridgehead atoms. The van der Waals surface area contributed by atoms with Gasteiger partial charge in [0.1, 0.15) is 6.61 Å². The van der Waals surface area contributed by atoms with E-state index in [9.17, 15) is 48.7 Å². The van der Waals surface area contributed by atoms with E-state index >= 15 is 0 Å². The van der Waals surface area contributed by atoms with Crippen molar-refractivity contribution in [2.45, 2.75) is 36.5 Å². The van der Waals surface area contributed by atoms with Crippen LogP contribution in [0.2, 0.25) is 0 Å². The summed E-state index contributed by atoms with van der Waals surface area (Å²) in [4.78, 5) is 23.4. The van der Waals surface area contributed by atoms with Gasteiger partial charge in [-0.05, 0) is 6.92 Å². The topological polar surface area (TPSA) is 116 Å². The van der Waals surface area contributed by atoms with Crippen LogP contribution in [-0.4, -0.2) is 61.3 Å². The Morgan fingerprint density at radius 3 is 1.97 bits per heavy atom. The maximum Gasteiger partial charge on any atom is 0.468 e. The summed E-state index contributed by atoms with van der Waals surface area (Å²) in [5.41, 5.74) is -0.702. The predicted octanol–water partition coefficient (Wildman–Crippen LogP) is 2.62. The van der Waals surface area contributed by atoms with E-state index in [0.29, 0.717) is 0 Å². The molecule has 0 aromatic heterocycles. The van der Waals surface area contributed by atoms with Crippen molar-refractivity contribution in [1.82, 2.24) is 0 Å². The molecule has 0 rings (SSSR count). The number of hydrogen-bond acceptors (Lipinski definition) is 7. The third-order valence-corrected chi connectivity index (χ3v) is 3.98. The second-order valence-electron chi connectivity index (χ2n) is 5.47. The minimum Gasteiger partial charge on any atom is -0.456 e. The smallest absolute Gasteiger partial charge is 0.456 e. The molecule has 0 heterocycles. The molecular formula is C14H15F7O8S. The van der Waals surface area contributed by atoms with Gasteiger partial charge in [-0.3, -0.25) is 4.55 Å². The number of hydrogen-bond donors (Lipinski definition) is 1. The Hall–Kier alpha value is -2.20. The summed E-state index contributed by atoms with van der Waals surface area (Å²) < 4.78 is 135. The highest BCUT2D eigenvalue weighted by molar-refractivity contribution is 7.87. The van der Waals surface area contributed by atoms with Gasteiger partial charge in [-0.2, -0.15) is 39.2 Å². The van der Waals surface area contributed by atoms with Crippen LogP contribution in [0.1, 0.15) is 13.3 Å². The number of ether oxygens (including phenoxy) is 3. The summed E-state index contributed by atoms with van der Waals surface area (Å²) in [6.07, 6.45) is -7.66. The molecule has 0 aliphatic rings. The Labute approximate surface area is 165 Å². The summed E-state index contributed by atoms with van der Waals surface area (Å²) in [7, 11) is -6.67. The molecule has 1 unspecified atom stereocenters. The Kier molecular flexibility index (Phi) is 8.62. The number of esters is 2. The van der Waals surface area contributed by atoms with Crippen LogP contribution in [0.3, 0.4) is 0 Å². The van der Waals surface area contributed by atoms with Gasteiger partial charge in [0, 0.05) is 12.0 Å². The van der Waals surface area contributed by atoms with Crippen molar-refractivity contribution in [2.24, 2.45) is 0 Å². The minimum atomic E-state index is -6.67. The highest BCUT2D eigenvalue weighted by Gasteiger charge is 2.69. The Bertz CT molecular complexity index is 791. The number of halogens is 7. The first-order valence-corrected chi connectivity index (χ1v) is 8.81. The molecule has 0 aliphatic carbocycles. The van der Waals surface area contributed by atoms with E-state index in [4.69, 9.17) is 4.55 Å². The van der Waals surface area contributed by atoms with Crippen LogP contribution in [0, 0.1) is 0 Å². The SMILES string of the molecule is C=CCOC(=O)C(OCCC(F)(F)C(F)(F)S(=O)(=O)O)(OC(=O)C(=C)C)C(F)(F)F. The molecule has 174 valence electrons. The fourth-order valence-electron chi connectivity index (χ4n) is 1.49. The van der Waals surface area contributed by atoms with Gasteiger partial charge in [-0.15, -0.1) is 0 Å². The third-order valence-electron chi connectivity index (χ3n) is 3.03. The molecule has 0 fully saturated rings. The zero-order valence-corrected chi connectivity index (χ0v) is 15.8. The minimum absolute atomic E-state index is 0.702. The van der Waals surface area contributed by atoms with Crippen LogP contribution in [0.25, 0.3) is 0 Å². The first kappa shape index (κ1) is 27.8. The van der Waals surface area contributed by atoms with Crippen LogP contribution in [0.5, 0.6) is 0 Å².